The van der Waals surface area contributed by atoms with Gasteiger partial charge in [-0.1, -0.05) is 395 Å². The lowest BCUT2D eigenvalue weighted by molar-refractivity contribution is 0.568. The zero-order chi connectivity index (χ0) is 122. The van der Waals surface area contributed by atoms with E-state index in [1.54, 1.807) is 115 Å². The average molecular weight is 1740 g/mol. The molecule has 16 aromatic rings. The van der Waals surface area contributed by atoms with E-state index in [2.05, 4.69) is 6.07 Å². The Hall–Kier alpha value is -11.7. The molecule has 130 heavy (non-hydrogen) atoms. The number of rotatable bonds is 9. The van der Waals surface area contributed by atoms with E-state index in [9.17, 15) is 45.2 Å². The second kappa shape index (κ2) is 30.7. The van der Waals surface area contributed by atoms with Crippen molar-refractivity contribution < 1.29 is 45.2 Å². The molecule has 0 bridgehead atoms. The SMILES string of the molecule is [2H]c1c([2H])c(C(C)(C)C)c(-c2c([2H])c(C(C)(C)C)c([2H])c(-c3c([2H])c([2H])c(C(C)(C)C)c([2H])c3[2H])c2N2c3cc(-n4c5c([2H])c([2H])c([2H])c([2H])c5c5c([2H])c([2H])c([2H])c([2H])c54)ccc3B3c4ccc(-n5c6c([2H])c([2H])c([2H])c([2H])c6c6c([2H])c([2H])c([2H])c([2H])c65)cc4N(c4c(-c5c([2H])c([2H])c(C(C)(C)C)c([2H])c5[2H])c([2H])c(C(C)(C)C)c(C)c4-c4c([2H])c([2H])c(C(C)(C)C)c([2H])c4C(C)(C)C)c4cc(-c5cc(C(C)(C)C)cc(C(C)(C)C)c5)cc2c43)c(C(C)(C)C)c1[2H]. The molecule has 14 aromatic carbocycles. The first-order valence-corrected chi connectivity index (χ1v) is 45.2. The van der Waals surface area contributed by atoms with Gasteiger partial charge in [0.25, 0.3) is 6.71 Å². The van der Waals surface area contributed by atoms with Crippen LogP contribution in [0.1, 0.15) is 314 Å². The first kappa shape index (κ1) is 57.5. The number of anilines is 6. The van der Waals surface area contributed by atoms with Gasteiger partial charge in [-0.05, 0) is 251 Å². The third kappa shape index (κ3) is 15.4. The van der Waals surface area contributed by atoms with Gasteiger partial charge in [0.1, 0.15) is 0 Å². The summed E-state index contributed by atoms with van der Waals surface area (Å²) in [6.45, 7) is 55.7. The van der Waals surface area contributed by atoms with Crippen molar-refractivity contribution in [1.82, 2.24) is 9.13 Å². The van der Waals surface area contributed by atoms with Crippen molar-refractivity contribution in [1.29, 1.82) is 0 Å². The van der Waals surface area contributed by atoms with Crippen LogP contribution in [0.15, 0.2) is 266 Å². The fraction of sp³-hybridized carbons (Fsp3) is 0.328. The Bertz CT molecular complexity index is 9050. The van der Waals surface area contributed by atoms with Crippen LogP contribution in [0.3, 0.4) is 0 Å². The molecule has 2 aliphatic heterocycles. The van der Waals surface area contributed by atoms with Gasteiger partial charge in [0.15, 0.2) is 0 Å². The van der Waals surface area contributed by atoms with E-state index in [4.69, 9.17) is 0 Å². The molecule has 0 unspecified atom stereocenters. The van der Waals surface area contributed by atoms with Crippen LogP contribution in [0.5, 0.6) is 0 Å². The monoisotopic (exact) mass is 1740 g/mol. The summed E-state index contributed by atoms with van der Waals surface area (Å²) < 4.78 is 348. The predicted octanol–water partition coefficient (Wildman–Crippen LogP) is 33.6. The summed E-state index contributed by atoms with van der Waals surface area (Å²) >= 11 is 0. The fourth-order valence-corrected chi connectivity index (χ4v) is 18.5. The minimum atomic E-state index is -1.51. The molecule has 0 amide bonds. The van der Waals surface area contributed by atoms with Crippen LogP contribution in [0, 0.1) is 6.92 Å². The Morgan fingerprint density at radius 3 is 0.985 bits per heavy atom. The molecule has 18 rings (SSSR count). The molecular formula is C125H137BN4. The molecule has 0 saturated carbocycles. The van der Waals surface area contributed by atoms with Gasteiger partial charge in [-0.2, -0.15) is 0 Å². The van der Waals surface area contributed by atoms with Crippen molar-refractivity contribution in [3.63, 3.8) is 0 Å². The third-order valence-corrected chi connectivity index (χ3v) is 25.5. The maximum absolute atomic E-state index is 12.1. The molecule has 0 aliphatic carbocycles. The number of hydrogen-bond acceptors (Lipinski definition) is 2. The highest BCUT2D eigenvalue weighted by molar-refractivity contribution is 7.00. The van der Waals surface area contributed by atoms with Gasteiger partial charge < -0.3 is 18.9 Å². The van der Waals surface area contributed by atoms with Crippen LogP contribution in [-0.2, 0) is 54.1 Å². The molecule has 0 atom stereocenters. The fourth-order valence-electron chi connectivity index (χ4n) is 18.5. The molecule has 4 nitrogen and oxygen atoms in total. The van der Waals surface area contributed by atoms with Gasteiger partial charge in [-0.3, -0.25) is 0 Å². The molecule has 660 valence electrons. The maximum Gasteiger partial charge on any atom is 0.252 e. The van der Waals surface area contributed by atoms with Gasteiger partial charge in [0.05, 0.1) is 78.7 Å². The number of aromatic nitrogens is 2. The van der Waals surface area contributed by atoms with Gasteiger partial charge in [-0.25, -0.2) is 0 Å². The normalized spacial score (nSPS) is 17.3. The molecule has 0 saturated heterocycles. The number of benzene rings is 14. The zero-order valence-corrected chi connectivity index (χ0v) is 81.2. The average Bonchev–Trinajstić information content (AvgIpc) is 1.38. The summed E-state index contributed by atoms with van der Waals surface area (Å²) in [7, 11) is 0. The predicted molar refractivity (Wildman–Crippen MR) is 568 cm³/mol. The van der Waals surface area contributed by atoms with Crippen molar-refractivity contribution in [2.45, 2.75) is 269 Å². The van der Waals surface area contributed by atoms with Crippen molar-refractivity contribution in [2.24, 2.45) is 0 Å². The Morgan fingerprint density at radius 1 is 0.246 bits per heavy atom. The van der Waals surface area contributed by atoms with E-state index in [0.717, 1.165) is 11.1 Å². The summed E-state index contributed by atoms with van der Waals surface area (Å²) in [4.78, 5) is 3.45. The van der Waals surface area contributed by atoms with Gasteiger partial charge in [0, 0.05) is 77.9 Å². The number of para-hydroxylation sites is 4. The molecule has 0 N–H and O–H groups in total. The van der Waals surface area contributed by atoms with E-state index in [0.29, 0.717) is 5.56 Å². The van der Waals surface area contributed by atoms with Crippen LogP contribution >= 0.6 is 0 Å². The summed E-state index contributed by atoms with van der Waals surface area (Å²) in [5, 5.41) is -1.33. The van der Waals surface area contributed by atoms with E-state index < -0.39 is 271 Å². The standard InChI is InChI=1S/C125H137BN4/c1-76-99(124(26,27)28)75-95(78-53-57-82(58-54-78)117(5,6)7)115(111(76)93-62-59-83(118(8,9)10)72-100(93)125(29,30)31)130-108-74-88(128-105-49-38-34-43-91(105)92-44-35-39-50-106(92)128)61-64-102(108)126-101-63-60-87(127-103-47-36-32-41-89(103)90-42-33-37-48-104(90)127)73-107(101)129(109-67-80(68-110(130)113(109)126)79-65-84(119(11,12)13)69-85(66-79)120(14,15)16)114-94(77-51-55-81(56-52-77)116(2,3)4)70-86(121(17,18)19)71-96(114)112-97(122(20,21)22)45-40-46-98(112)123(23,24)25/h32-75H,1-31H3/i32D,33D,34D,35D,36D,37D,38D,39D,40D,41D,42D,43D,44D,45D,46D,47D,48D,49D,50D,51D,52D,53D,54D,55D,56D,57D,58D,59D,62D,70D,71D,72D,75D. The Labute approximate surface area is 824 Å². The largest absolute Gasteiger partial charge is 0.310 e. The van der Waals surface area contributed by atoms with Crippen molar-refractivity contribution in [3.05, 3.63) is 327 Å². The maximum atomic E-state index is 12.1. The Balaban J connectivity index is 1.27. The highest BCUT2D eigenvalue weighted by Gasteiger charge is 2.48. The van der Waals surface area contributed by atoms with E-state index in [-0.39, 0.29) is 195 Å². The minimum absolute atomic E-state index is 0.00360. The number of fused-ring (bicyclic) bond motifs is 10. The van der Waals surface area contributed by atoms with Gasteiger partial charge in [0.2, 0.25) is 0 Å². The lowest BCUT2D eigenvalue weighted by Gasteiger charge is -2.47. The molecule has 2 aromatic heterocycles. The van der Waals surface area contributed by atoms with Crippen LogP contribution in [0.2, 0.25) is 0 Å². The Morgan fingerprint density at radius 2 is 0.600 bits per heavy atom. The second-order valence-electron chi connectivity index (χ2n) is 45.8. The van der Waals surface area contributed by atoms with E-state index >= 15 is 0 Å². The highest BCUT2D eigenvalue weighted by Crippen LogP contribution is 2.60. The summed E-state index contributed by atoms with van der Waals surface area (Å²) in [6, 6.07) is -1.06. The van der Waals surface area contributed by atoms with Crippen LogP contribution in [0.25, 0.3) is 111 Å². The smallest absolute Gasteiger partial charge is 0.252 e. The molecule has 0 spiro atoms. The molecule has 4 heterocycles. The first-order valence-electron chi connectivity index (χ1n) is 61.7. The van der Waals surface area contributed by atoms with Crippen LogP contribution in [-0.4, -0.2) is 15.8 Å². The van der Waals surface area contributed by atoms with Crippen molar-refractivity contribution in [2.75, 3.05) is 9.80 Å². The summed E-state index contributed by atoms with van der Waals surface area (Å²) in [6.07, 6.45) is 0. The van der Waals surface area contributed by atoms with Gasteiger partial charge in [-0.15, -0.1) is 0 Å². The van der Waals surface area contributed by atoms with Crippen LogP contribution < -0.4 is 26.2 Å². The Kier molecular flexibility index (Phi) is 13.6. The lowest BCUT2D eigenvalue weighted by Crippen LogP contribution is -2.61. The topological polar surface area (TPSA) is 16.3 Å². The molecule has 0 radical (unpaired) electrons. The van der Waals surface area contributed by atoms with E-state index in [1.807, 2.05) is 170 Å². The lowest BCUT2D eigenvalue weighted by atomic mass is 9.33. The molecular weight excluding hydrogens is 1570 g/mol. The van der Waals surface area contributed by atoms with E-state index in [1.165, 1.54) is 9.13 Å². The number of hydrogen-bond donors (Lipinski definition) is 0. The molecule has 5 heteroatoms. The van der Waals surface area contributed by atoms with Crippen LogP contribution in [0.4, 0.5) is 34.1 Å². The van der Waals surface area contributed by atoms with Crippen molar-refractivity contribution in [3.8, 4) is 67.0 Å². The van der Waals surface area contributed by atoms with Gasteiger partial charge >= 0.3 is 0 Å². The minimum Gasteiger partial charge on any atom is -0.310 e. The zero-order valence-electron chi connectivity index (χ0n) is 114. The quantitative estimate of drug-likeness (QED) is 0.134. The molecule has 0 fully saturated rings. The second-order valence-corrected chi connectivity index (χ2v) is 45.8. The molecule has 2 aliphatic rings. The summed E-state index contributed by atoms with van der Waals surface area (Å²) in [5.74, 6) is 0. The van der Waals surface area contributed by atoms with Crippen molar-refractivity contribution >= 4 is 101 Å². The third-order valence-electron chi connectivity index (χ3n) is 25.5. The number of nitrogens with zero attached hydrogens (tertiary/aromatic N) is 4. The first-order chi connectivity index (χ1) is 74.5. The summed E-state index contributed by atoms with van der Waals surface area (Å²) in [5.41, 5.74) is -12.6. The highest BCUT2D eigenvalue weighted by atomic mass is 15.2.